The maximum absolute atomic E-state index is 12.9. The Bertz CT molecular complexity index is 555. The number of rotatable bonds is 2. The van der Waals surface area contributed by atoms with Crippen molar-refractivity contribution in [1.82, 2.24) is 0 Å². The van der Waals surface area contributed by atoms with Crippen molar-refractivity contribution in [3.05, 3.63) is 52.3 Å². The standard InChI is InChI=1S/C13H12BrFN2/c1-8-6-10(3-4-11(8)14)17-13-5-2-9(15)7-12(13)16/h2-7,17H,16H2,1H3. The SMILES string of the molecule is Cc1cc(Nc2ccc(F)cc2N)ccc1Br. The number of nitrogen functional groups attached to an aromatic ring is 1. The summed E-state index contributed by atoms with van der Waals surface area (Å²) in [7, 11) is 0. The maximum atomic E-state index is 12.9. The molecule has 4 heteroatoms. The predicted molar refractivity (Wildman–Crippen MR) is 73.0 cm³/mol. The lowest BCUT2D eigenvalue weighted by Gasteiger charge is -2.10. The molecular weight excluding hydrogens is 283 g/mol. The fourth-order valence-electron chi connectivity index (χ4n) is 1.53. The zero-order valence-electron chi connectivity index (χ0n) is 9.30. The largest absolute Gasteiger partial charge is 0.397 e. The Morgan fingerprint density at radius 2 is 1.94 bits per heavy atom. The molecule has 0 aliphatic carbocycles. The Balaban J connectivity index is 2.28. The summed E-state index contributed by atoms with van der Waals surface area (Å²) in [6.45, 7) is 2.00. The molecule has 0 atom stereocenters. The number of halogens is 2. The van der Waals surface area contributed by atoms with E-state index in [0.29, 0.717) is 11.4 Å². The third-order valence-electron chi connectivity index (χ3n) is 2.45. The van der Waals surface area contributed by atoms with Crippen LogP contribution in [0.3, 0.4) is 0 Å². The van der Waals surface area contributed by atoms with E-state index in [2.05, 4.69) is 21.2 Å². The Morgan fingerprint density at radius 3 is 2.59 bits per heavy atom. The zero-order valence-corrected chi connectivity index (χ0v) is 10.9. The molecule has 0 heterocycles. The van der Waals surface area contributed by atoms with Crippen molar-refractivity contribution in [2.45, 2.75) is 6.92 Å². The molecule has 0 saturated carbocycles. The molecule has 3 N–H and O–H groups in total. The van der Waals surface area contributed by atoms with Gasteiger partial charge in [-0.25, -0.2) is 4.39 Å². The second kappa shape index (κ2) is 4.75. The second-order valence-electron chi connectivity index (χ2n) is 3.82. The molecule has 0 amide bonds. The van der Waals surface area contributed by atoms with E-state index in [4.69, 9.17) is 5.73 Å². The fourth-order valence-corrected chi connectivity index (χ4v) is 1.77. The van der Waals surface area contributed by atoms with Crippen LogP contribution in [-0.2, 0) is 0 Å². The lowest BCUT2D eigenvalue weighted by Crippen LogP contribution is -1.97. The summed E-state index contributed by atoms with van der Waals surface area (Å²) in [5.41, 5.74) is 8.86. The van der Waals surface area contributed by atoms with Crippen LogP contribution in [-0.4, -0.2) is 0 Å². The van der Waals surface area contributed by atoms with Crippen molar-refractivity contribution in [2.24, 2.45) is 0 Å². The van der Waals surface area contributed by atoms with E-state index in [9.17, 15) is 4.39 Å². The number of anilines is 3. The first-order valence-corrected chi connectivity index (χ1v) is 5.94. The normalized spacial score (nSPS) is 10.3. The minimum atomic E-state index is -0.333. The molecule has 17 heavy (non-hydrogen) atoms. The highest BCUT2D eigenvalue weighted by Crippen LogP contribution is 2.26. The number of aryl methyl sites for hydroxylation is 1. The van der Waals surface area contributed by atoms with Crippen molar-refractivity contribution >= 4 is 33.0 Å². The van der Waals surface area contributed by atoms with Gasteiger partial charge >= 0.3 is 0 Å². The highest BCUT2D eigenvalue weighted by molar-refractivity contribution is 9.10. The first kappa shape index (κ1) is 11.9. The molecule has 0 bridgehead atoms. The molecule has 2 aromatic rings. The Hall–Kier alpha value is -1.55. The van der Waals surface area contributed by atoms with Crippen LogP contribution in [0.1, 0.15) is 5.56 Å². The van der Waals surface area contributed by atoms with Crippen molar-refractivity contribution in [3.8, 4) is 0 Å². The van der Waals surface area contributed by atoms with Gasteiger partial charge in [0.15, 0.2) is 0 Å². The molecule has 0 fully saturated rings. The molecule has 0 aliphatic heterocycles. The summed E-state index contributed by atoms with van der Waals surface area (Å²) >= 11 is 3.44. The van der Waals surface area contributed by atoms with Crippen molar-refractivity contribution in [1.29, 1.82) is 0 Å². The molecule has 0 radical (unpaired) electrons. The van der Waals surface area contributed by atoms with Gasteiger partial charge < -0.3 is 11.1 Å². The van der Waals surface area contributed by atoms with Crippen LogP contribution in [0.2, 0.25) is 0 Å². The molecule has 2 aromatic carbocycles. The van der Waals surface area contributed by atoms with Gasteiger partial charge in [0, 0.05) is 10.2 Å². The van der Waals surface area contributed by atoms with Crippen LogP contribution in [0.4, 0.5) is 21.5 Å². The Morgan fingerprint density at radius 1 is 1.18 bits per heavy atom. The quantitative estimate of drug-likeness (QED) is 0.814. The summed E-state index contributed by atoms with van der Waals surface area (Å²) in [6, 6.07) is 10.2. The number of benzene rings is 2. The van der Waals surface area contributed by atoms with E-state index in [0.717, 1.165) is 15.7 Å². The molecule has 2 nitrogen and oxygen atoms in total. The molecule has 0 aliphatic rings. The number of hydrogen-bond acceptors (Lipinski definition) is 2. The van der Waals surface area contributed by atoms with Crippen LogP contribution in [0.15, 0.2) is 40.9 Å². The van der Waals surface area contributed by atoms with E-state index in [1.807, 2.05) is 25.1 Å². The highest BCUT2D eigenvalue weighted by Gasteiger charge is 2.02. The fraction of sp³-hybridized carbons (Fsp3) is 0.0769. The van der Waals surface area contributed by atoms with Crippen LogP contribution in [0, 0.1) is 12.7 Å². The smallest absolute Gasteiger partial charge is 0.125 e. The minimum Gasteiger partial charge on any atom is -0.397 e. The molecule has 0 unspecified atom stereocenters. The van der Waals surface area contributed by atoms with Crippen molar-refractivity contribution < 1.29 is 4.39 Å². The van der Waals surface area contributed by atoms with Gasteiger partial charge in [-0.2, -0.15) is 0 Å². The topological polar surface area (TPSA) is 38.0 Å². The van der Waals surface area contributed by atoms with Crippen LogP contribution in [0.5, 0.6) is 0 Å². The average molecular weight is 295 g/mol. The Kier molecular flexibility index (Phi) is 3.33. The van der Waals surface area contributed by atoms with Gasteiger partial charge in [-0.3, -0.25) is 0 Å². The van der Waals surface area contributed by atoms with E-state index in [-0.39, 0.29) is 5.82 Å². The predicted octanol–water partition coefficient (Wildman–Crippen LogP) is 4.22. The number of nitrogens with two attached hydrogens (primary N) is 1. The first-order chi connectivity index (χ1) is 8.06. The Labute approximate surface area is 108 Å². The van der Waals surface area contributed by atoms with Crippen LogP contribution < -0.4 is 11.1 Å². The number of nitrogens with one attached hydrogen (secondary N) is 1. The van der Waals surface area contributed by atoms with Gasteiger partial charge in [-0.15, -0.1) is 0 Å². The van der Waals surface area contributed by atoms with Gasteiger partial charge in [0.05, 0.1) is 11.4 Å². The first-order valence-electron chi connectivity index (χ1n) is 5.14. The van der Waals surface area contributed by atoms with E-state index < -0.39 is 0 Å². The van der Waals surface area contributed by atoms with Crippen molar-refractivity contribution in [3.63, 3.8) is 0 Å². The third kappa shape index (κ3) is 2.77. The number of hydrogen-bond donors (Lipinski definition) is 2. The molecule has 0 aromatic heterocycles. The molecule has 88 valence electrons. The van der Waals surface area contributed by atoms with Crippen LogP contribution in [0.25, 0.3) is 0 Å². The van der Waals surface area contributed by atoms with Gasteiger partial charge in [-0.05, 0) is 48.9 Å². The minimum absolute atomic E-state index is 0.333. The monoisotopic (exact) mass is 294 g/mol. The maximum Gasteiger partial charge on any atom is 0.125 e. The second-order valence-corrected chi connectivity index (χ2v) is 4.67. The molecular formula is C13H12BrFN2. The third-order valence-corrected chi connectivity index (χ3v) is 3.34. The lowest BCUT2D eigenvalue weighted by molar-refractivity contribution is 0.628. The molecule has 2 rings (SSSR count). The van der Waals surface area contributed by atoms with E-state index in [1.165, 1.54) is 12.1 Å². The van der Waals surface area contributed by atoms with Gasteiger partial charge in [-0.1, -0.05) is 15.9 Å². The average Bonchev–Trinajstić information content (AvgIpc) is 2.27. The molecule has 0 saturated heterocycles. The van der Waals surface area contributed by atoms with Gasteiger partial charge in [0.25, 0.3) is 0 Å². The highest BCUT2D eigenvalue weighted by atomic mass is 79.9. The zero-order chi connectivity index (χ0) is 12.4. The van der Waals surface area contributed by atoms with Crippen LogP contribution >= 0.6 is 15.9 Å². The van der Waals surface area contributed by atoms with Crippen molar-refractivity contribution in [2.75, 3.05) is 11.1 Å². The van der Waals surface area contributed by atoms with Gasteiger partial charge in [0.1, 0.15) is 5.82 Å². The summed E-state index contributed by atoms with van der Waals surface area (Å²) in [5, 5.41) is 3.15. The van der Waals surface area contributed by atoms with Gasteiger partial charge in [0.2, 0.25) is 0 Å². The van der Waals surface area contributed by atoms with E-state index in [1.54, 1.807) is 6.07 Å². The molecule has 0 spiro atoms. The lowest BCUT2D eigenvalue weighted by atomic mass is 10.2. The summed E-state index contributed by atoms with van der Waals surface area (Å²) < 4.78 is 13.9. The van der Waals surface area contributed by atoms with E-state index >= 15 is 0 Å². The summed E-state index contributed by atoms with van der Waals surface area (Å²) in [4.78, 5) is 0. The summed E-state index contributed by atoms with van der Waals surface area (Å²) in [5.74, 6) is -0.333. The summed E-state index contributed by atoms with van der Waals surface area (Å²) in [6.07, 6.45) is 0.